The van der Waals surface area contributed by atoms with Crippen molar-refractivity contribution in [3.05, 3.63) is 89.5 Å². The van der Waals surface area contributed by atoms with Gasteiger partial charge in [-0.1, -0.05) is 60.7 Å². The molecule has 1 aliphatic rings. The molecule has 0 bridgehead atoms. The fraction of sp³-hybridized carbons (Fsp3) is 0.167. The SMILES string of the molecule is O=C([15NH][C@@H](Cc1ccc(O)cc1)C(=O)O)OCC1c2ccccc2-c2ccccc21. The van der Waals surface area contributed by atoms with Gasteiger partial charge < -0.3 is 20.3 Å². The molecule has 0 fully saturated rings. The molecule has 1 aliphatic carbocycles. The van der Waals surface area contributed by atoms with Gasteiger partial charge in [0.05, 0.1) is 0 Å². The number of carboxylic acids is 1. The van der Waals surface area contributed by atoms with Crippen molar-refractivity contribution in [1.82, 2.24) is 5.32 Å². The second kappa shape index (κ2) is 8.29. The lowest BCUT2D eigenvalue weighted by Gasteiger charge is -2.17. The summed E-state index contributed by atoms with van der Waals surface area (Å²) in [5, 5.41) is 21.2. The van der Waals surface area contributed by atoms with Crippen molar-refractivity contribution in [3.8, 4) is 16.9 Å². The molecule has 3 aromatic carbocycles. The van der Waals surface area contributed by atoms with Crippen LogP contribution in [0.2, 0.25) is 0 Å². The summed E-state index contributed by atoms with van der Waals surface area (Å²) in [7, 11) is 0. The maximum atomic E-state index is 12.3. The number of aliphatic carboxylic acids is 1. The van der Waals surface area contributed by atoms with Gasteiger partial charge >= 0.3 is 12.1 Å². The highest BCUT2D eigenvalue weighted by Crippen LogP contribution is 2.44. The minimum atomic E-state index is -1.16. The van der Waals surface area contributed by atoms with Gasteiger partial charge in [0.25, 0.3) is 0 Å². The summed E-state index contributed by atoms with van der Waals surface area (Å²) in [4.78, 5) is 23.9. The van der Waals surface area contributed by atoms with Crippen LogP contribution in [-0.2, 0) is 16.0 Å². The molecule has 4 rings (SSSR count). The Labute approximate surface area is 173 Å². The third-order valence-corrected chi connectivity index (χ3v) is 5.31. The lowest BCUT2D eigenvalue weighted by Crippen LogP contribution is -2.42. The number of ether oxygens (including phenoxy) is 1. The fourth-order valence-electron chi connectivity index (χ4n) is 3.85. The first-order chi connectivity index (χ1) is 14.5. The Bertz CT molecular complexity index is 1030. The molecular weight excluding hydrogens is 383 g/mol. The van der Waals surface area contributed by atoms with Gasteiger partial charge in [0.1, 0.15) is 18.4 Å². The normalized spacial score (nSPS) is 13.2. The van der Waals surface area contributed by atoms with E-state index in [4.69, 9.17) is 4.74 Å². The molecule has 0 heterocycles. The lowest BCUT2D eigenvalue weighted by molar-refractivity contribution is -0.139. The molecule has 6 heteroatoms. The van der Waals surface area contributed by atoms with E-state index in [0.717, 1.165) is 22.3 Å². The Kier molecular flexibility index (Phi) is 5.39. The van der Waals surface area contributed by atoms with E-state index in [1.54, 1.807) is 12.1 Å². The highest BCUT2D eigenvalue weighted by molar-refractivity contribution is 5.81. The van der Waals surface area contributed by atoms with Crippen LogP contribution in [0.5, 0.6) is 5.75 Å². The number of carboxylic acid groups (broad SMARTS) is 1. The number of rotatable bonds is 6. The van der Waals surface area contributed by atoms with Crippen LogP contribution < -0.4 is 5.32 Å². The molecule has 0 saturated carbocycles. The van der Waals surface area contributed by atoms with Gasteiger partial charge in [-0.15, -0.1) is 0 Å². The van der Waals surface area contributed by atoms with E-state index in [1.807, 2.05) is 48.5 Å². The van der Waals surface area contributed by atoms with Crippen molar-refractivity contribution < 1.29 is 24.5 Å². The highest BCUT2D eigenvalue weighted by atomic mass is 16.6. The zero-order chi connectivity index (χ0) is 21.1. The van der Waals surface area contributed by atoms with Crippen molar-refractivity contribution in [2.75, 3.05) is 6.61 Å². The van der Waals surface area contributed by atoms with Gasteiger partial charge in [0.15, 0.2) is 0 Å². The lowest BCUT2D eigenvalue weighted by atomic mass is 9.98. The number of phenols is 1. The molecule has 3 aromatic rings. The van der Waals surface area contributed by atoms with Crippen LogP contribution in [0.25, 0.3) is 11.1 Å². The summed E-state index contributed by atoms with van der Waals surface area (Å²) in [6, 6.07) is 21.0. The summed E-state index contributed by atoms with van der Waals surface area (Å²) < 4.78 is 5.42. The van der Waals surface area contributed by atoms with Crippen LogP contribution in [0.15, 0.2) is 72.8 Å². The standard InChI is InChI=1S/C24H21NO5/c26-16-11-9-15(10-12-16)13-22(23(27)28)25-24(29)30-14-21-19-7-3-1-5-17(19)18-6-2-4-8-20(18)21/h1-12,21-22,26H,13-14H2,(H,25,29)(H,27,28)/t22-/m0/s1/i25+1. The van der Waals surface area contributed by atoms with E-state index in [2.05, 4.69) is 5.32 Å². The average Bonchev–Trinajstić information content (AvgIpc) is 3.07. The van der Waals surface area contributed by atoms with Crippen molar-refractivity contribution in [2.24, 2.45) is 0 Å². The van der Waals surface area contributed by atoms with Gasteiger partial charge in [-0.3, -0.25) is 0 Å². The number of benzene rings is 3. The van der Waals surface area contributed by atoms with Crippen molar-refractivity contribution >= 4 is 12.1 Å². The monoisotopic (exact) mass is 404 g/mol. The van der Waals surface area contributed by atoms with E-state index in [9.17, 15) is 19.8 Å². The summed E-state index contributed by atoms with van der Waals surface area (Å²) >= 11 is 0. The molecule has 0 spiro atoms. The van der Waals surface area contributed by atoms with Crippen molar-refractivity contribution in [3.63, 3.8) is 0 Å². The van der Waals surface area contributed by atoms with Crippen LogP contribution in [-0.4, -0.2) is 34.9 Å². The molecule has 0 unspecified atom stereocenters. The fourth-order valence-corrected chi connectivity index (χ4v) is 3.85. The second-order valence-corrected chi connectivity index (χ2v) is 7.23. The molecule has 0 aromatic heterocycles. The van der Waals surface area contributed by atoms with Crippen LogP contribution in [0.3, 0.4) is 0 Å². The number of carbonyl (C=O) groups excluding carboxylic acids is 1. The molecule has 1 amide bonds. The summed E-state index contributed by atoms with van der Waals surface area (Å²) in [5.41, 5.74) is 5.10. The molecule has 30 heavy (non-hydrogen) atoms. The van der Waals surface area contributed by atoms with Crippen LogP contribution in [0, 0.1) is 0 Å². The maximum absolute atomic E-state index is 12.3. The van der Waals surface area contributed by atoms with Crippen LogP contribution >= 0.6 is 0 Å². The average molecular weight is 404 g/mol. The number of alkyl carbamates (subject to hydrolysis) is 1. The highest BCUT2D eigenvalue weighted by Gasteiger charge is 2.29. The van der Waals surface area contributed by atoms with E-state index in [1.165, 1.54) is 12.1 Å². The molecule has 3 N–H and O–H groups in total. The molecule has 6 nitrogen and oxygen atoms in total. The maximum Gasteiger partial charge on any atom is 0.407 e. The van der Waals surface area contributed by atoms with E-state index in [-0.39, 0.29) is 24.7 Å². The molecule has 0 saturated heterocycles. The van der Waals surface area contributed by atoms with Crippen molar-refractivity contribution in [2.45, 2.75) is 18.4 Å². The largest absolute Gasteiger partial charge is 0.508 e. The molecule has 152 valence electrons. The van der Waals surface area contributed by atoms with Crippen LogP contribution in [0.4, 0.5) is 4.79 Å². The van der Waals surface area contributed by atoms with E-state index in [0.29, 0.717) is 5.56 Å². The smallest absolute Gasteiger partial charge is 0.407 e. The van der Waals surface area contributed by atoms with Gasteiger partial charge in [0, 0.05) is 12.3 Å². The van der Waals surface area contributed by atoms with E-state index < -0.39 is 18.1 Å². The zero-order valence-electron chi connectivity index (χ0n) is 16.1. The number of hydrogen-bond donors (Lipinski definition) is 3. The number of hydrogen-bond acceptors (Lipinski definition) is 4. The van der Waals surface area contributed by atoms with Gasteiger partial charge in [-0.25, -0.2) is 9.59 Å². The minimum Gasteiger partial charge on any atom is -0.508 e. The summed E-state index contributed by atoms with van der Waals surface area (Å²) in [5.74, 6) is -1.16. The molecule has 1 atom stereocenters. The van der Waals surface area contributed by atoms with E-state index >= 15 is 0 Å². The Morgan fingerprint density at radius 2 is 1.47 bits per heavy atom. The van der Waals surface area contributed by atoms with Gasteiger partial charge in [-0.05, 0) is 39.9 Å². The molecule has 0 aliphatic heterocycles. The Morgan fingerprint density at radius 1 is 0.900 bits per heavy atom. The third kappa shape index (κ3) is 3.98. The third-order valence-electron chi connectivity index (χ3n) is 5.31. The number of phenolic OH excluding ortho intramolecular Hbond substituents is 1. The predicted octanol–water partition coefficient (Wildman–Crippen LogP) is 3.93. The Hall–Kier alpha value is -3.80. The number of fused-ring (bicyclic) bond motifs is 3. The van der Waals surface area contributed by atoms with Crippen LogP contribution in [0.1, 0.15) is 22.6 Å². The quantitative estimate of drug-likeness (QED) is 0.541. The second-order valence-electron chi connectivity index (χ2n) is 7.23. The Balaban J connectivity index is 1.43. The first kappa shape index (κ1) is 19.5. The topological polar surface area (TPSA) is 95.9 Å². The summed E-state index contributed by atoms with van der Waals surface area (Å²) in [6.07, 6.45) is -0.692. The zero-order valence-corrected chi connectivity index (χ0v) is 16.1. The number of carbonyl (C=O) groups is 2. The molecule has 0 radical (unpaired) electrons. The Morgan fingerprint density at radius 3 is 2.03 bits per heavy atom. The number of aromatic hydroxyl groups is 1. The number of amides is 1. The first-order valence-electron chi connectivity index (χ1n) is 9.65. The summed E-state index contributed by atoms with van der Waals surface area (Å²) in [6.45, 7) is 0.116. The van der Waals surface area contributed by atoms with Gasteiger partial charge in [0.2, 0.25) is 0 Å². The minimum absolute atomic E-state index is 0.0831. The predicted molar refractivity (Wildman–Crippen MR) is 111 cm³/mol. The number of nitrogens with one attached hydrogen (secondary N) is 1. The molecular formula is C24H21NO5. The van der Waals surface area contributed by atoms with Crippen molar-refractivity contribution in [1.29, 1.82) is 0 Å². The van der Waals surface area contributed by atoms with Gasteiger partial charge in [-0.2, -0.15) is 0 Å². The first-order valence-corrected chi connectivity index (χ1v) is 9.65.